The van der Waals surface area contributed by atoms with E-state index in [1.807, 2.05) is 42.5 Å². The summed E-state index contributed by atoms with van der Waals surface area (Å²) in [5.41, 5.74) is 3.76. The molecule has 0 aliphatic carbocycles. The van der Waals surface area contributed by atoms with Gasteiger partial charge < -0.3 is 10.1 Å². The number of aromatic nitrogens is 2. The molecule has 0 fully saturated rings. The van der Waals surface area contributed by atoms with Crippen LogP contribution in [0.1, 0.15) is 16.3 Å². The van der Waals surface area contributed by atoms with Gasteiger partial charge in [-0.05, 0) is 23.8 Å². The van der Waals surface area contributed by atoms with Crippen LogP contribution in [0.4, 0.5) is 0 Å². The van der Waals surface area contributed by atoms with Crippen molar-refractivity contribution in [2.45, 2.75) is 12.8 Å². The van der Waals surface area contributed by atoms with Crippen molar-refractivity contribution in [3.63, 3.8) is 0 Å². The summed E-state index contributed by atoms with van der Waals surface area (Å²) in [7, 11) is 0. The first-order valence-corrected chi connectivity index (χ1v) is 8.17. The Bertz CT molecular complexity index is 983. The van der Waals surface area contributed by atoms with E-state index in [9.17, 15) is 4.79 Å². The summed E-state index contributed by atoms with van der Waals surface area (Å²) >= 11 is 1.66. The summed E-state index contributed by atoms with van der Waals surface area (Å²) in [6, 6.07) is 16.0. The minimum Gasteiger partial charge on any atom is -0.481 e. The van der Waals surface area contributed by atoms with Crippen LogP contribution in [0.25, 0.3) is 21.1 Å². The lowest BCUT2D eigenvalue weighted by atomic mass is 10.1. The number of benzene rings is 2. The topological polar surface area (TPSA) is 66.0 Å². The van der Waals surface area contributed by atoms with Crippen molar-refractivity contribution in [2.24, 2.45) is 0 Å². The van der Waals surface area contributed by atoms with Crippen molar-refractivity contribution in [3.8, 4) is 0 Å². The van der Waals surface area contributed by atoms with Crippen molar-refractivity contribution in [1.29, 1.82) is 0 Å². The number of fused-ring (bicyclic) bond motifs is 2. The van der Waals surface area contributed by atoms with E-state index >= 15 is 0 Å². The lowest BCUT2D eigenvalue weighted by molar-refractivity contribution is -0.136. The molecule has 23 heavy (non-hydrogen) atoms. The van der Waals surface area contributed by atoms with Crippen LogP contribution >= 0.6 is 11.3 Å². The monoisotopic (exact) mass is 322 g/mol. The standard InChI is InChI=1S/C18H14N2O2S/c21-18(22)10-15-12(11-5-1-2-6-13(11)19-15)9-17-20-14-7-3-4-8-16(14)23-17/h1-8,19H,9-10H2,(H,21,22). The Labute approximate surface area is 136 Å². The molecule has 0 atom stereocenters. The molecule has 0 saturated heterocycles. The molecule has 4 rings (SSSR count). The number of carbonyl (C=O) groups is 1. The number of hydrogen-bond donors (Lipinski definition) is 2. The summed E-state index contributed by atoms with van der Waals surface area (Å²) < 4.78 is 1.15. The maximum Gasteiger partial charge on any atom is 0.309 e. The quantitative estimate of drug-likeness (QED) is 0.597. The zero-order valence-electron chi connectivity index (χ0n) is 12.2. The number of para-hydroxylation sites is 2. The summed E-state index contributed by atoms with van der Waals surface area (Å²) in [4.78, 5) is 19.1. The fraction of sp³-hybridized carbons (Fsp3) is 0.111. The Morgan fingerprint density at radius 3 is 2.74 bits per heavy atom. The van der Waals surface area contributed by atoms with Gasteiger partial charge in [0.25, 0.3) is 0 Å². The highest BCUT2D eigenvalue weighted by atomic mass is 32.1. The Hall–Kier alpha value is -2.66. The fourth-order valence-electron chi connectivity index (χ4n) is 2.91. The van der Waals surface area contributed by atoms with E-state index in [-0.39, 0.29) is 6.42 Å². The van der Waals surface area contributed by atoms with Gasteiger partial charge in [-0.15, -0.1) is 11.3 Å². The zero-order chi connectivity index (χ0) is 15.8. The molecule has 114 valence electrons. The lowest BCUT2D eigenvalue weighted by Crippen LogP contribution is -2.03. The average Bonchev–Trinajstić information content (AvgIpc) is 3.08. The third-order valence-corrected chi connectivity index (χ3v) is 4.93. The number of rotatable bonds is 4. The van der Waals surface area contributed by atoms with Gasteiger partial charge in [-0.2, -0.15) is 0 Å². The van der Waals surface area contributed by atoms with Crippen molar-refractivity contribution < 1.29 is 9.90 Å². The lowest BCUT2D eigenvalue weighted by Gasteiger charge is -2.00. The average molecular weight is 322 g/mol. The van der Waals surface area contributed by atoms with Gasteiger partial charge in [-0.3, -0.25) is 4.79 Å². The minimum atomic E-state index is -0.831. The highest BCUT2D eigenvalue weighted by Crippen LogP contribution is 2.29. The molecule has 0 aliphatic heterocycles. The smallest absolute Gasteiger partial charge is 0.309 e. The predicted molar refractivity (Wildman–Crippen MR) is 92.1 cm³/mol. The van der Waals surface area contributed by atoms with Crippen LogP contribution in [0.15, 0.2) is 48.5 Å². The van der Waals surface area contributed by atoms with E-state index in [2.05, 4.69) is 16.0 Å². The van der Waals surface area contributed by atoms with Crippen LogP contribution in [-0.2, 0) is 17.6 Å². The summed E-state index contributed by atoms with van der Waals surface area (Å²) in [6.45, 7) is 0. The van der Waals surface area contributed by atoms with Gasteiger partial charge in [0.1, 0.15) is 0 Å². The van der Waals surface area contributed by atoms with E-state index in [0.29, 0.717) is 6.42 Å². The Morgan fingerprint density at radius 1 is 1.13 bits per heavy atom. The van der Waals surface area contributed by atoms with Crippen LogP contribution in [0.3, 0.4) is 0 Å². The van der Waals surface area contributed by atoms with Gasteiger partial charge in [0.2, 0.25) is 0 Å². The van der Waals surface area contributed by atoms with E-state index in [0.717, 1.165) is 37.4 Å². The van der Waals surface area contributed by atoms with Crippen LogP contribution in [0.2, 0.25) is 0 Å². The van der Waals surface area contributed by atoms with Gasteiger partial charge in [0.15, 0.2) is 0 Å². The second kappa shape index (κ2) is 5.52. The molecule has 4 aromatic rings. The predicted octanol–water partition coefficient (Wildman–Crippen LogP) is 4.00. The zero-order valence-corrected chi connectivity index (χ0v) is 13.1. The summed E-state index contributed by atoms with van der Waals surface area (Å²) in [6.07, 6.45) is 0.640. The van der Waals surface area contributed by atoms with E-state index in [1.165, 1.54) is 0 Å². The molecule has 0 radical (unpaired) electrons. The molecule has 0 saturated carbocycles. The Kier molecular flexibility index (Phi) is 3.35. The molecule has 0 amide bonds. The van der Waals surface area contributed by atoms with Crippen LogP contribution in [0.5, 0.6) is 0 Å². The first-order valence-electron chi connectivity index (χ1n) is 7.35. The van der Waals surface area contributed by atoms with E-state index < -0.39 is 5.97 Å². The molecule has 0 aliphatic rings. The normalized spacial score (nSPS) is 11.3. The van der Waals surface area contributed by atoms with Gasteiger partial charge in [-0.1, -0.05) is 30.3 Å². The highest BCUT2D eigenvalue weighted by Gasteiger charge is 2.16. The second-order valence-corrected chi connectivity index (χ2v) is 6.57. The van der Waals surface area contributed by atoms with E-state index in [1.54, 1.807) is 11.3 Å². The molecule has 2 aromatic carbocycles. The van der Waals surface area contributed by atoms with Crippen LogP contribution < -0.4 is 0 Å². The number of hydrogen-bond acceptors (Lipinski definition) is 3. The highest BCUT2D eigenvalue weighted by molar-refractivity contribution is 7.18. The molecular formula is C18H14N2O2S. The summed E-state index contributed by atoms with van der Waals surface area (Å²) in [5, 5.41) is 11.2. The molecule has 2 aromatic heterocycles. The molecular weight excluding hydrogens is 308 g/mol. The molecule has 2 heterocycles. The molecule has 0 spiro atoms. The number of carboxylic acid groups (broad SMARTS) is 1. The third-order valence-electron chi connectivity index (χ3n) is 3.90. The van der Waals surface area contributed by atoms with Gasteiger partial charge in [0.05, 0.1) is 21.6 Å². The Balaban J connectivity index is 1.81. The number of aliphatic carboxylic acids is 1. The Morgan fingerprint density at radius 2 is 1.91 bits per heavy atom. The molecule has 0 unspecified atom stereocenters. The minimum absolute atomic E-state index is 0.00505. The first kappa shape index (κ1) is 14.0. The van der Waals surface area contributed by atoms with Crippen molar-refractivity contribution in [2.75, 3.05) is 0 Å². The van der Waals surface area contributed by atoms with Crippen molar-refractivity contribution in [3.05, 3.63) is 64.8 Å². The molecule has 4 nitrogen and oxygen atoms in total. The number of nitrogens with one attached hydrogen (secondary N) is 1. The van der Waals surface area contributed by atoms with Crippen molar-refractivity contribution >= 4 is 38.4 Å². The molecule has 2 N–H and O–H groups in total. The molecule has 5 heteroatoms. The molecule has 0 bridgehead atoms. The number of aromatic amines is 1. The fourth-order valence-corrected chi connectivity index (χ4v) is 3.89. The largest absolute Gasteiger partial charge is 0.481 e. The van der Waals surface area contributed by atoms with Gasteiger partial charge >= 0.3 is 5.97 Å². The van der Waals surface area contributed by atoms with Crippen LogP contribution in [-0.4, -0.2) is 21.0 Å². The van der Waals surface area contributed by atoms with Crippen LogP contribution in [0, 0.1) is 0 Å². The summed E-state index contributed by atoms with van der Waals surface area (Å²) in [5.74, 6) is -0.831. The number of nitrogens with zero attached hydrogens (tertiary/aromatic N) is 1. The van der Waals surface area contributed by atoms with Gasteiger partial charge in [0, 0.05) is 23.0 Å². The van der Waals surface area contributed by atoms with E-state index in [4.69, 9.17) is 5.11 Å². The second-order valence-electron chi connectivity index (χ2n) is 5.45. The maximum absolute atomic E-state index is 11.2. The first-order chi connectivity index (χ1) is 11.2. The van der Waals surface area contributed by atoms with Gasteiger partial charge in [-0.25, -0.2) is 4.98 Å². The number of H-pyrrole nitrogens is 1. The maximum atomic E-state index is 11.2. The number of carboxylic acids is 1. The SMILES string of the molecule is O=C(O)Cc1[nH]c2ccccc2c1Cc1nc2ccccc2s1. The van der Waals surface area contributed by atoms with Crippen molar-refractivity contribution in [1.82, 2.24) is 9.97 Å². The third kappa shape index (κ3) is 2.59. The number of thiazole rings is 1.